The van der Waals surface area contributed by atoms with E-state index in [-0.39, 0.29) is 31.5 Å². The summed E-state index contributed by atoms with van der Waals surface area (Å²) in [4.78, 5) is 37.7. The molecule has 0 aliphatic carbocycles. The zero-order chi connectivity index (χ0) is 58.6. The number of nitrogens with zero attached hydrogens (tertiary/aromatic N) is 1. The minimum Gasteiger partial charge on any atom is -0.456 e. The van der Waals surface area contributed by atoms with Gasteiger partial charge in [0, 0.05) is 12.8 Å². The predicted octanol–water partition coefficient (Wildman–Crippen LogP) is 20.1. The number of likely N-dealkylation sites (N-methyl/N-ethyl adjacent to an activating group) is 1. The Morgan fingerprint density at radius 1 is 0.463 bits per heavy atom. The molecule has 0 fully saturated rings. The Balaban J connectivity index is 5.26. The highest BCUT2D eigenvalue weighted by Crippen LogP contribution is 2.43. The lowest BCUT2D eigenvalue weighted by Crippen LogP contribution is -2.47. The van der Waals surface area contributed by atoms with Crippen molar-refractivity contribution in [1.29, 1.82) is 0 Å². The largest absolute Gasteiger partial charge is 0.472 e. The van der Waals surface area contributed by atoms with Crippen molar-refractivity contribution >= 4 is 19.7 Å². The van der Waals surface area contributed by atoms with Gasteiger partial charge in [0.1, 0.15) is 19.3 Å². The number of unbranched alkanes of at least 4 members (excludes halogenated alkanes) is 25. The van der Waals surface area contributed by atoms with Gasteiger partial charge in [-0.15, -0.1) is 0 Å². The van der Waals surface area contributed by atoms with Gasteiger partial charge in [0.05, 0.1) is 33.8 Å². The SMILES string of the molecule is CC\C=C/C=C/C=C/C=C\C=C\C=C\CCCCCC(=O)OC(/C=C\CCCCCCCCCCCC)C(COP(=O)(O)OCC[N+](C)(C)C)NC(=O)CCCCCCCCCCC/C=C\C/C=C\C/C=C\C/C=C\CCCCC. The third kappa shape index (κ3) is 58.8. The molecule has 0 heterocycles. The van der Waals surface area contributed by atoms with Crippen molar-refractivity contribution < 1.29 is 37.3 Å². The average molecular weight is 1130 g/mol. The lowest BCUT2D eigenvalue weighted by atomic mass is 10.0. The maximum absolute atomic E-state index is 13.6. The van der Waals surface area contributed by atoms with Crippen LogP contribution in [0.15, 0.2) is 134 Å². The van der Waals surface area contributed by atoms with E-state index in [1.54, 1.807) is 0 Å². The molecule has 80 heavy (non-hydrogen) atoms. The third-order valence-electron chi connectivity index (χ3n) is 13.5. The summed E-state index contributed by atoms with van der Waals surface area (Å²) in [6, 6.07) is -0.880. The number of esters is 1. The van der Waals surface area contributed by atoms with Crippen molar-refractivity contribution in [2.24, 2.45) is 0 Å². The van der Waals surface area contributed by atoms with Crippen LogP contribution in [0.25, 0.3) is 0 Å². The van der Waals surface area contributed by atoms with E-state index in [1.165, 1.54) is 109 Å². The lowest BCUT2D eigenvalue weighted by molar-refractivity contribution is -0.870. The fourth-order valence-corrected chi connectivity index (χ4v) is 9.28. The van der Waals surface area contributed by atoms with Gasteiger partial charge in [-0.25, -0.2) is 4.57 Å². The van der Waals surface area contributed by atoms with Gasteiger partial charge in [0.15, 0.2) is 0 Å². The number of ether oxygens (including phenoxy) is 1. The summed E-state index contributed by atoms with van der Waals surface area (Å²) in [5.41, 5.74) is 0. The molecule has 0 saturated carbocycles. The van der Waals surface area contributed by atoms with Gasteiger partial charge in [-0.05, 0) is 96.0 Å². The van der Waals surface area contributed by atoms with Gasteiger partial charge >= 0.3 is 13.8 Å². The lowest BCUT2D eigenvalue weighted by Gasteiger charge is -2.27. The Bertz CT molecular complexity index is 1830. The first-order chi connectivity index (χ1) is 38.9. The quantitative estimate of drug-likeness (QED) is 0.0156. The summed E-state index contributed by atoms with van der Waals surface area (Å²) >= 11 is 0. The summed E-state index contributed by atoms with van der Waals surface area (Å²) in [5.74, 6) is -0.572. The van der Waals surface area contributed by atoms with E-state index in [0.717, 1.165) is 96.3 Å². The van der Waals surface area contributed by atoms with Gasteiger partial charge in [-0.1, -0.05) is 270 Å². The maximum atomic E-state index is 13.6. The van der Waals surface area contributed by atoms with Gasteiger partial charge < -0.3 is 19.4 Å². The van der Waals surface area contributed by atoms with Crippen molar-refractivity contribution in [3.63, 3.8) is 0 Å². The number of nitrogens with one attached hydrogen (secondary N) is 1. The monoisotopic (exact) mass is 1130 g/mol. The molecule has 0 radical (unpaired) electrons. The van der Waals surface area contributed by atoms with Crippen LogP contribution in [-0.2, 0) is 27.9 Å². The molecule has 0 aliphatic heterocycles. The number of hydrogen-bond donors (Lipinski definition) is 2. The van der Waals surface area contributed by atoms with Crippen LogP contribution in [0.1, 0.15) is 245 Å². The summed E-state index contributed by atoms with van der Waals surface area (Å²) in [5, 5.41) is 3.04. The van der Waals surface area contributed by atoms with Crippen LogP contribution in [0.2, 0.25) is 0 Å². The van der Waals surface area contributed by atoms with Gasteiger partial charge in [0.2, 0.25) is 5.91 Å². The molecule has 0 bridgehead atoms. The van der Waals surface area contributed by atoms with Crippen molar-refractivity contribution in [1.82, 2.24) is 5.32 Å². The van der Waals surface area contributed by atoms with Gasteiger partial charge in [-0.3, -0.25) is 18.6 Å². The van der Waals surface area contributed by atoms with E-state index < -0.39 is 20.0 Å². The Labute approximate surface area is 492 Å². The van der Waals surface area contributed by atoms with E-state index >= 15 is 0 Å². The molecular weight excluding hydrogens is 1010 g/mol. The summed E-state index contributed by atoms with van der Waals surface area (Å²) in [7, 11) is 1.44. The Morgan fingerprint density at radius 2 is 0.850 bits per heavy atom. The second kappa shape index (κ2) is 58.4. The molecule has 456 valence electrons. The van der Waals surface area contributed by atoms with Gasteiger partial charge in [0.25, 0.3) is 0 Å². The molecule has 1 amide bonds. The molecule has 0 rings (SSSR count). The maximum Gasteiger partial charge on any atom is 0.472 e. The molecule has 2 N–H and O–H groups in total. The Kier molecular flexibility index (Phi) is 55.5. The minimum absolute atomic E-state index is 0.0237. The van der Waals surface area contributed by atoms with E-state index in [0.29, 0.717) is 23.9 Å². The van der Waals surface area contributed by atoms with Crippen molar-refractivity contribution in [2.45, 2.75) is 258 Å². The fraction of sp³-hybridized carbons (Fsp3) is 0.657. The standard InChI is InChI=1S/C70H119N2O7P/c1-7-10-13-16-19-22-25-28-30-32-33-34-35-36-37-38-39-41-42-44-47-50-53-56-59-62-69(73)71-67(66-78-80(75,76)77-65-64-72(4,5)6)68(61-58-55-52-49-46-27-24-21-18-15-12-9-3)79-70(74)63-60-57-54-51-48-45-43-40-31-29-26-23-20-17-14-11-8-2/h11,14,17,19-20,22-23,26,28-31,33-34,36-37,40,43,45,48,58,61,67-68H,7-10,12-13,15-16,18,21,24-25,27,32,35,38-39,41-42,44,46-47,49-57,59-60,62-66H2,1-6H3,(H-,71,73,75,76)/p+1/b14-11-,20-17+,22-19-,26-23+,30-28-,31-29-,34-33-,37-36-,43-40+,48-45+,61-58-. The molecule has 0 aromatic heterocycles. The molecule has 0 saturated heterocycles. The van der Waals surface area contributed by atoms with Crippen LogP contribution in [-0.4, -0.2) is 74.3 Å². The summed E-state index contributed by atoms with van der Waals surface area (Å²) < 4.78 is 30.7. The second-order valence-corrected chi connectivity index (χ2v) is 23.8. The first kappa shape index (κ1) is 76.1. The number of quaternary nitrogens is 1. The number of phosphoric acid groups is 1. The zero-order valence-electron chi connectivity index (χ0n) is 52.0. The number of amides is 1. The van der Waals surface area contributed by atoms with Crippen LogP contribution in [0, 0.1) is 0 Å². The first-order valence-corrected chi connectivity index (χ1v) is 33.6. The highest BCUT2D eigenvalue weighted by molar-refractivity contribution is 7.47. The molecule has 9 nitrogen and oxygen atoms in total. The number of carbonyl (C=O) groups is 2. The number of rotatable bonds is 56. The summed E-state index contributed by atoms with van der Waals surface area (Å²) in [6.45, 7) is 6.79. The molecule has 0 spiro atoms. The molecule has 0 aromatic carbocycles. The van der Waals surface area contributed by atoms with E-state index in [4.69, 9.17) is 13.8 Å². The fourth-order valence-electron chi connectivity index (χ4n) is 8.54. The second-order valence-electron chi connectivity index (χ2n) is 22.4. The number of allylic oxidation sites excluding steroid dienone is 21. The average Bonchev–Trinajstić information content (AvgIpc) is 3.42. The number of phosphoric ester groups is 1. The minimum atomic E-state index is -4.47. The molecule has 0 aromatic rings. The number of hydrogen-bond acceptors (Lipinski definition) is 6. The van der Waals surface area contributed by atoms with Crippen LogP contribution in [0.4, 0.5) is 0 Å². The topological polar surface area (TPSA) is 111 Å². The molecule has 10 heteroatoms. The van der Waals surface area contributed by atoms with Crippen LogP contribution in [0.3, 0.4) is 0 Å². The van der Waals surface area contributed by atoms with Crippen LogP contribution in [0.5, 0.6) is 0 Å². The molecular formula is C70H120N2O7P+. The third-order valence-corrected chi connectivity index (χ3v) is 14.5. The molecule has 3 unspecified atom stereocenters. The normalized spacial score (nSPS) is 14.5. The zero-order valence-corrected chi connectivity index (χ0v) is 52.9. The number of carbonyl (C=O) groups excluding carboxylic acids is 2. The van der Waals surface area contributed by atoms with E-state index in [2.05, 4.69) is 86.8 Å². The molecule has 3 atom stereocenters. The van der Waals surface area contributed by atoms with Crippen molar-refractivity contribution in [2.75, 3.05) is 40.9 Å². The van der Waals surface area contributed by atoms with E-state index in [9.17, 15) is 19.0 Å². The molecule has 0 aliphatic rings. The summed E-state index contributed by atoms with van der Waals surface area (Å²) in [6.07, 6.45) is 83.1. The predicted molar refractivity (Wildman–Crippen MR) is 346 cm³/mol. The Hall–Kier alpha value is -3.85. The van der Waals surface area contributed by atoms with Gasteiger partial charge in [-0.2, -0.15) is 0 Å². The van der Waals surface area contributed by atoms with Crippen LogP contribution < -0.4 is 5.32 Å². The van der Waals surface area contributed by atoms with E-state index in [1.807, 2.05) is 94.1 Å². The van der Waals surface area contributed by atoms with Crippen LogP contribution >= 0.6 is 7.82 Å². The highest BCUT2D eigenvalue weighted by Gasteiger charge is 2.30. The smallest absolute Gasteiger partial charge is 0.456 e. The highest BCUT2D eigenvalue weighted by atomic mass is 31.2. The van der Waals surface area contributed by atoms with Crippen molar-refractivity contribution in [3.8, 4) is 0 Å². The first-order valence-electron chi connectivity index (χ1n) is 32.1. The van der Waals surface area contributed by atoms with Crippen molar-refractivity contribution in [3.05, 3.63) is 134 Å². The Morgan fingerprint density at radius 3 is 1.35 bits per heavy atom.